The summed E-state index contributed by atoms with van der Waals surface area (Å²) in [4.78, 5) is 4.42. The van der Waals surface area contributed by atoms with Gasteiger partial charge in [-0.2, -0.15) is 0 Å². The molecule has 1 saturated carbocycles. The van der Waals surface area contributed by atoms with E-state index < -0.39 is 0 Å². The minimum absolute atomic E-state index is 0.0111. The third kappa shape index (κ3) is 4.32. The van der Waals surface area contributed by atoms with Crippen LogP contribution in [0.4, 0.5) is 4.39 Å². The molecule has 0 amide bonds. The van der Waals surface area contributed by atoms with Crippen LogP contribution in [0.2, 0.25) is 0 Å². The summed E-state index contributed by atoms with van der Waals surface area (Å²) in [5.74, 6) is 1.54. The molecule has 1 aliphatic carbocycles. The maximum absolute atomic E-state index is 13.2. The molecule has 0 unspecified atom stereocenters. The lowest BCUT2D eigenvalue weighted by Gasteiger charge is -2.42. The van der Waals surface area contributed by atoms with Gasteiger partial charge in [-0.1, -0.05) is 24.6 Å². The third-order valence-electron chi connectivity index (χ3n) is 5.26. The van der Waals surface area contributed by atoms with Gasteiger partial charge in [0.15, 0.2) is 17.5 Å². The normalized spacial score (nSPS) is 15.7. The van der Waals surface area contributed by atoms with Gasteiger partial charge in [-0.05, 0) is 48.2 Å². The van der Waals surface area contributed by atoms with Gasteiger partial charge >= 0.3 is 0 Å². The average molecular weight is 371 g/mol. The molecule has 0 spiro atoms. The highest BCUT2D eigenvalue weighted by molar-refractivity contribution is 5.78. The minimum Gasteiger partial charge on any atom is -0.493 e. The number of nitrogens with zero attached hydrogens (tertiary/aromatic N) is 1. The molecule has 0 bridgehead atoms. The Balaban J connectivity index is 1.61. The minimum atomic E-state index is -0.211. The zero-order valence-electron chi connectivity index (χ0n) is 15.8. The van der Waals surface area contributed by atoms with Crippen LogP contribution in [0.3, 0.4) is 0 Å². The third-order valence-corrected chi connectivity index (χ3v) is 5.26. The van der Waals surface area contributed by atoms with E-state index in [-0.39, 0.29) is 11.2 Å². The van der Waals surface area contributed by atoms with E-state index in [1.807, 2.05) is 30.3 Å². The fraction of sp³-hybridized carbons (Fsp3) is 0.381. The number of halogens is 1. The Hall–Kier alpha value is -2.76. The smallest absolute Gasteiger partial charge is 0.188 e. The highest BCUT2D eigenvalue weighted by Gasteiger charge is 2.38. The Bertz CT molecular complexity index is 802. The average Bonchev–Trinajstić information content (AvgIpc) is 2.66. The van der Waals surface area contributed by atoms with Gasteiger partial charge in [-0.15, -0.1) is 0 Å². The Morgan fingerprint density at radius 3 is 2.41 bits per heavy atom. The maximum Gasteiger partial charge on any atom is 0.188 e. The van der Waals surface area contributed by atoms with Gasteiger partial charge in [0.1, 0.15) is 5.82 Å². The molecule has 0 aromatic heterocycles. The van der Waals surface area contributed by atoms with Crippen molar-refractivity contribution in [3.8, 4) is 11.5 Å². The first-order chi connectivity index (χ1) is 13.1. The van der Waals surface area contributed by atoms with Gasteiger partial charge in [0.2, 0.25) is 0 Å². The van der Waals surface area contributed by atoms with Crippen molar-refractivity contribution in [3.63, 3.8) is 0 Å². The molecular formula is C21H26FN3O2. The highest BCUT2D eigenvalue weighted by Crippen LogP contribution is 2.43. The van der Waals surface area contributed by atoms with E-state index in [4.69, 9.17) is 15.2 Å². The van der Waals surface area contributed by atoms with E-state index >= 15 is 0 Å². The molecule has 1 fully saturated rings. The number of ether oxygens (including phenoxy) is 2. The van der Waals surface area contributed by atoms with Crippen molar-refractivity contribution >= 4 is 5.96 Å². The topological polar surface area (TPSA) is 68.9 Å². The molecule has 3 rings (SSSR count). The fourth-order valence-corrected chi connectivity index (χ4v) is 3.45. The number of benzene rings is 2. The van der Waals surface area contributed by atoms with E-state index in [0.717, 1.165) is 24.0 Å². The summed E-state index contributed by atoms with van der Waals surface area (Å²) in [5.41, 5.74) is 8.20. The molecule has 0 atom stereocenters. The summed E-state index contributed by atoms with van der Waals surface area (Å²) >= 11 is 0. The van der Waals surface area contributed by atoms with Crippen LogP contribution in [0.15, 0.2) is 47.5 Å². The molecule has 0 radical (unpaired) electrons. The van der Waals surface area contributed by atoms with Gasteiger partial charge in [-0.25, -0.2) is 9.38 Å². The molecule has 6 heteroatoms. The van der Waals surface area contributed by atoms with Crippen LogP contribution in [-0.4, -0.2) is 26.7 Å². The highest BCUT2D eigenvalue weighted by atomic mass is 19.1. The summed E-state index contributed by atoms with van der Waals surface area (Å²) in [6.45, 7) is 1.14. The first kappa shape index (κ1) is 19.0. The SMILES string of the molecule is COc1ccc(CN=C(N)NCC2(c3ccc(F)cc3)CCC2)cc1OC. The monoisotopic (exact) mass is 371 g/mol. The van der Waals surface area contributed by atoms with E-state index in [1.165, 1.54) is 18.6 Å². The first-order valence-electron chi connectivity index (χ1n) is 9.07. The van der Waals surface area contributed by atoms with E-state index in [0.29, 0.717) is 30.5 Å². The van der Waals surface area contributed by atoms with Crippen molar-refractivity contribution < 1.29 is 13.9 Å². The zero-order valence-corrected chi connectivity index (χ0v) is 15.8. The molecule has 1 aliphatic rings. The Labute approximate surface area is 159 Å². The molecule has 0 aliphatic heterocycles. The van der Waals surface area contributed by atoms with Crippen molar-refractivity contribution in [2.45, 2.75) is 31.2 Å². The van der Waals surface area contributed by atoms with Crippen LogP contribution in [0, 0.1) is 5.82 Å². The lowest BCUT2D eigenvalue weighted by Crippen LogP contribution is -2.47. The van der Waals surface area contributed by atoms with Crippen molar-refractivity contribution in [2.75, 3.05) is 20.8 Å². The molecule has 2 aromatic rings. The molecule has 144 valence electrons. The molecule has 5 nitrogen and oxygen atoms in total. The number of hydrogen-bond donors (Lipinski definition) is 2. The van der Waals surface area contributed by atoms with Crippen LogP contribution in [0.25, 0.3) is 0 Å². The van der Waals surface area contributed by atoms with Crippen LogP contribution >= 0.6 is 0 Å². The summed E-state index contributed by atoms with van der Waals surface area (Å²) in [7, 11) is 3.21. The molecule has 2 aromatic carbocycles. The molecular weight excluding hydrogens is 345 g/mol. The molecule has 0 saturated heterocycles. The number of guanidine groups is 1. The number of aliphatic imine (C=N–C) groups is 1. The van der Waals surface area contributed by atoms with Crippen molar-refractivity contribution in [3.05, 3.63) is 59.4 Å². The van der Waals surface area contributed by atoms with Gasteiger partial charge < -0.3 is 20.5 Å². The maximum atomic E-state index is 13.2. The van der Waals surface area contributed by atoms with Crippen molar-refractivity contribution in [1.82, 2.24) is 5.32 Å². The summed E-state index contributed by atoms with van der Waals surface area (Å²) in [6.07, 6.45) is 3.30. The number of nitrogens with one attached hydrogen (secondary N) is 1. The van der Waals surface area contributed by atoms with E-state index in [1.54, 1.807) is 14.2 Å². The second-order valence-electron chi connectivity index (χ2n) is 6.89. The largest absolute Gasteiger partial charge is 0.493 e. The number of methoxy groups -OCH3 is 2. The number of rotatable bonds is 7. The second-order valence-corrected chi connectivity index (χ2v) is 6.89. The van der Waals surface area contributed by atoms with Crippen LogP contribution in [0.1, 0.15) is 30.4 Å². The molecule has 0 heterocycles. The summed E-state index contributed by atoms with van der Waals surface area (Å²) in [6, 6.07) is 12.4. The molecule has 3 N–H and O–H groups in total. The predicted molar refractivity (Wildman–Crippen MR) is 105 cm³/mol. The second kappa shape index (κ2) is 8.29. The lowest BCUT2D eigenvalue weighted by molar-refractivity contribution is 0.244. The van der Waals surface area contributed by atoms with Gasteiger partial charge in [0.05, 0.1) is 20.8 Å². The molecule has 27 heavy (non-hydrogen) atoms. The number of nitrogens with two attached hydrogens (primary N) is 1. The van der Waals surface area contributed by atoms with Gasteiger partial charge in [-0.3, -0.25) is 0 Å². The Kier molecular flexibility index (Phi) is 5.84. The standard InChI is InChI=1S/C21H26FN3O2/c1-26-18-9-4-15(12-19(18)27-2)13-24-20(23)25-14-21(10-3-11-21)16-5-7-17(22)8-6-16/h4-9,12H,3,10-11,13-14H2,1-2H3,(H3,23,24,25). The lowest BCUT2D eigenvalue weighted by atomic mass is 9.64. The van der Waals surface area contributed by atoms with Crippen molar-refractivity contribution in [1.29, 1.82) is 0 Å². The predicted octanol–water partition coefficient (Wildman–Crippen LogP) is 3.37. The Morgan fingerprint density at radius 2 is 1.81 bits per heavy atom. The number of hydrogen-bond acceptors (Lipinski definition) is 3. The van der Waals surface area contributed by atoms with E-state index in [9.17, 15) is 4.39 Å². The van der Waals surface area contributed by atoms with Gasteiger partial charge in [0.25, 0.3) is 0 Å². The van der Waals surface area contributed by atoms with Crippen LogP contribution < -0.4 is 20.5 Å². The summed E-state index contributed by atoms with van der Waals surface area (Å²) in [5, 5.41) is 3.24. The Morgan fingerprint density at radius 1 is 1.11 bits per heavy atom. The van der Waals surface area contributed by atoms with Crippen LogP contribution in [-0.2, 0) is 12.0 Å². The quantitative estimate of drug-likeness (QED) is 0.578. The fourth-order valence-electron chi connectivity index (χ4n) is 3.45. The van der Waals surface area contributed by atoms with Crippen LogP contribution in [0.5, 0.6) is 11.5 Å². The van der Waals surface area contributed by atoms with Gasteiger partial charge in [0, 0.05) is 12.0 Å². The zero-order chi connectivity index (χ0) is 19.3. The van der Waals surface area contributed by atoms with Crippen molar-refractivity contribution in [2.24, 2.45) is 10.7 Å². The van der Waals surface area contributed by atoms with E-state index in [2.05, 4.69) is 10.3 Å². The summed E-state index contributed by atoms with van der Waals surface area (Å²) < 4.78 is 23.8. The first-order valence-corrected chi connectivity index (χ1v) is 9.07.